The van der Waals surface area contributed by atoms with Gasteiger partial charge in [-0.15, -0.1) is 0 Å². The second kappa shape index (κ2) is 6.07. The maximum atomic E-state index is 13.7. The quantitative estimate of drug-likeness (QED) is 0.390. The van der Waals surface area contributed by atoms with Crippen molar-refractivity contribution in [1.29, 1.82) is 0 Å². The molecule has 0 fully saturated rings. The van der Waals surface area contributed by atoms with Crippen LogP contribution in [-0.2, 0) is 0 Å². The third-order valence-corrected chi connectivity index (χ3v) is 5.41. The lowest BCUT2D eigenvalue weighted by molar-refractivity contribution is 0.619. The highest BCUT2D eigenvalue weighted by Gasteiger charge is 2.15. The molecule has 0 aliphatic heterocycles. The normalized spacial score (nSPS) is 12.6. The van der Waals surface area contributed by atoms with E-state index >= 15 is 0 Å². The van der Waals surface area contributed by atoms with Gasteiger partial charge in [0.2, 0.25) is 0 Å². The summed E-state index contributed by atoms with van der Waals surface area (Å²) in [5, 5.41) is 2.78. The molecule has 3 aromatic rings. The standard InChI is InChI=1S/C17H10Br2ClF/c18-14-7-5-10(9-16(14)21)17(19)13-6-8-15(20)12-4-2-1-3-11(12)13/h1-9,17H. The van der Waals surface area contributed by atoms with Crippen molar-refractivity contribution in [1.82, 2.24) is 0 Å². The van der Waals surface area contributed by atoms with Crippen molar-refractivity contribution in [2.45, 2.75) is 4.83 Å². The fraction of sp³-hybridized carbons (Fsp3) is 0.0588. The number of hydrogen-bond acceptors (Lipinski definition) is 0. The molecule has 4 heteroatoms. The number of benzene rings is 3. The minimum atomic E-state index is -0.268. The van der Waals surface area contributed by atoms with Gasteiger partial charge >= 0.3 is 0 Å². The summed E-state index contributed by atoms with van der Waals surface area (Å²) in [6.45, 7) is 0. The molecule has 3 rings (SSSR count). The van der Waals surface area contributed by atoms with Gasteiger partial charge in [-0.05, 0) is 50.6 Å². The van der Waals surface area contributed by atoms with Crippen LogP contribution >= 0.6 is 43.5 Å². The van der Waals surface area contributed by atoms with Crippen molar-refractivity contribution >= 4 is 54.2 Å². The SMILES string of the molecule is Fc1cc(C(Br)c2ccc(Cl)c3ccccc23)ccc1Br. The van der Waals surface area contributed by atoms with Crippen molar-refractivity contribution in [3.8, 4) is 0 Å². The number of fused-ring (bicyclic) bond motifs is 1. The van der Waals surface area contributed by atoms with Crippen LogP contribution in [0.1, 0.15) is 16.0 Å². The molecule has 1 unspecified atom stereocenters. The van der Waals surface area contributed by atoms with Gasteiger partial charge in [-0.2, -0.15) is 0 Å². The highest BCUT2D eigenvalue weighted by atomic mass is 79.9. The molecule has 0 bridgehead atoms. The van der Waals surface area contributed by atoms with Crippen molar-refractivity contribution in [2.24, 2.45) is 0 Å². The Morgan fingerprint density at radius 1 is 0.952 bits per heavy atom. The highest BCUT2D eigenvalue weighted by molar-refractivity contribution is 9.10. The lowest BCUT2D eigenvalue weighted by atomic mass is 9.98. The Balaban J connectivity index is 2.15. The summed E-state index contributed by atoms with van der Waals surface area (Å²) in [6, 6.07) is 17.0. The summed E-state index contributed by atoms with van der Waals surface area (Å²) in [5.74, 6) is -0.268. The number of halogens is 4. The molecule has 0 aliphatic carbocycles. The van der Waals surface area contributed by atoms with E-state index in [0.717, 1.165) is 26.9 Å². The second-order valence-corrected chi connectivity index (χ2v) is 6.90. The van der Waals surface area contributed by atoms with Crippen LogP contribution in [0, 0.1) is 5.82 Å². The van der Waals surface area contributed by atoms with Crippen LogP contribution in [0.3, 0.4) is 0 Å². The second-order valence-electron chi connectivity index (χ2n) is 4.72. The highest BCUT2D eigenvalue weighted by Crippen LogP contribution is 2.38. The van der Waals surface area contributed by atoms with Crippen molar-refractivity contribution in [3.05, 3.63) is 81.0 Å². The molecule has 21 heavy (non-hydrogen) atoms. The largest absolute Gasteiger partial charge is 0.206 e. The zero-order valence-corrected chi connectivity index (χ0v) is 14.7. The van der Waals surface area contributed by atoms with Gasteiger partial charge in [0, 0.05) is 10.4 Å². The van der Waals surface area contributed by atoms with Crippen LogP contribution in [-0.4, -0.2) is 0 Å². The molecule has 0 radical (unpaired) electrons. The number of hydrogen-bond donors (Lipinski definition) is 0. The van der Waals surface area contributed by atoms with Gasteiger partial charge in [-0.3, -0.25) is 0 Å². The third kappa shape index (κ3) is 2.87. The molecule has 0 heterocycles. The van der Waals surface area contributed by atoms with E-state index in [1.54, 1.807) is 6.07 Å². The molecule has 0 N–H and O–H groups in total. The molecule has 0 aliphatic rings. The first-order valence-corrected chi connectivity index (χ1v) is 8.43. The first kappa shape index (κ1) is 15.0. The molecule has 3 aromatic carbocycles. The van der Waals surface area contributed by atoms with E-state index in [4.69, 9.17) is 11.6 Å². The predicted octanol–water partition coefficient (Wildman–Crippen LogP) is 6.88. The molecular formula is C17H10Br2ClF. The zero-order valence-electron chi connectivity index (χ0n) is 10.8. The molecule has 0 saturated carbocycles. The summed E-state index contributed by atoms with van der Waals surface area (Å²) < 4.78 is 14.2. The maximum absolute atomic E-state index is 13.7. The van der Waals surface area contributed by atoms with Crippen molar-refractivity contribution in [2.75, 3.05) is 0 Å². The van der Waals surface area contributed by atoms with Gasteiger partial charge in [-0.1, -0.05) is 63.9 Å². The molecule has 0 amide bonds. The van der Waals surface area contributed by atoms with Gasteiger partial charge in [-0.25, -0.2) is 4.39 Å². The Morgan fingerprint density at radius 3 is 2.38 bits per heavy atom. The van der Waals surface area contributed by atoms with E-state index in [1.807, 2.05) is 42.5 Å². The van der Waals surface area contributed by atoms with E-state index in [1.165, 1.54) is 6.07 Å². The lowest BCUT2D eigenvalue weighted by Crippen LogP contribution is -1.95. The average Bonchev–Trinajstić information content (AvgIpc) is 2.50. The summed E-state index contributed by atoms with van der Waals surface area (Å²) in [6.07, 6.45) is 0. The smallest absolute Gasteiger partial charge is 0.137 e. The van der Waals surface area contributed by atoms with Gasteiger partial charge in [0.15, 0.2) is 0 Å². The van der Waals surface area contributed by atoms with Crippen LogP contribution in [0.2, 0.25) is 5.02 Å². The van der Waals surface area contributed by atoms with E-state index in [9.17, 15) is 4.39 Å². The van der Waals surface area contributed by atoms with Gasteiger partial charge < -0.3 is 0 Å². The van der Waals surface area contributed by atoms with Crippen LogP contribution in [0.15, 0.2) is 59.1 Å². The Morgan fingerprint density at radius 2 is 1.67 bits per heavy atom. The minimum Gasteiger partial charge on any atom is -0.206 e. The van der Waals surface area contributed by atoms with Gasteiger partial charge in [0.1, 0.15) is 5.82 Å². The zero-order chi connectivity index (χ0) is 15.0. The van der Waals surface area contributed by atoms with Crippen LogP contribution in [0.5, 0.6) is 0 Å². The van der Waals surface area contributed by atoms with E-state index in [0.29, 0.717) is 4.47 Å². The Bertz CT molecular complexity index is 817. The topological polar surface area (TPSA) is 0 Å². The predicted molar refractivity (Wildman–Crippen MR) is 93.8 cm³/mol. The Kier molecular flexibility index (Phi) is 4.34. The Labute approximate surface area is 144 Å². The fourth-order valence-corrected chi connectivity index (χ4v) is 3.51. The molecule has 1 atom stereocenters. The van der Waals surface area contributed by atoms with Crippen LogP contribution in [0.4, 0.5) is 4.39 Å². The van der Waals surface area contributed by atoms with E-state index in [-0.39, 0.29) is 10.6 Å². The molecule has 0 aromatic heterocycles. The average molecular weight is 429 g/mol. The molecule has 0 saturated heterocycles. The lowest BCUT2D eigenvalue weighted by Gasteiger charge is -2.15. The fourth-order valence-electron chi connectivity index (χ4n) is 2.36. The van der Waals surface area contributed by atoms with Crippen molar-refractivity contribution in [3.63, 3.8) is 0 Å². The number of rotatable bonds is 2. The van der Waals surface area contributed by atoms with E-state index < -0.39 is 0 Å². The summed E-state index contributed by atoms with van der Waals surface area (Å²) >= 11 is 13.1. The summed E-state index contributed by atoms with van der Waals surface area (Å²) in [4.78, 5) is -0.0951. The van der Waals surface area contributed by atoms with Crippen LogP contribution in [0.25, 0.3) is 10.8 Å². The molecule has 106 valence electrons. The van der Waals surface area contributed by atoms with Crippen molar-refractivity contribution < 1.29 is 4.39 Å². The maximum Gasteiger partial charge on any atom is 0.137 e. The third-order valence-electron chi connectivity index (χ3n) is 3.41. The number of alkyl halides is 1. The minimum absolute atomic E-state index is 0.0951. The monoisotopic (exact) mass is 426 g/mol. The Hall–Kier alpha value is -0.900. The molecule has 0 spiro atoms. The molecular weight excluding hydrogens is 418 g/mol. The summed E-state index contributed by atoms with van der Waals surface area (Å²) in [7, 11) is 0. The van der Waals surface area contributed by atoms with Gasteiger partial charge in [0.25, 0.3) is 0 Å². The molecule has 0 nitrogen and oxygen atoms in total. The van der Waals surface area contributed by atoms with Crippen LogP contribution < -0.4 is 0 Å². The first-order valence-electron chi connectivity index (χ1n) is 6.34. The van der Waals surface area contributed by atoms with E-state index in [2.05, 4.69) is 31.9 Å². The summed E-state index contributed by atoms with van der Waals surface area (Å²) in [5.41, 5.74) is 1.93. The first-order chi connectivity index (χ1) is 10.1. The van der Waals surface area contributed by atoms with Gasteiger partial charge in [0.05, 0.1) is 9.30 Å².